The average Bonchev–Trinajstić information content (AvgIpc) is 2.97. The van der Waals surface area contributed by atoms with E-state index >= 15 is 0 Å². The van der Waals surface area contributed by atoms with Crippen molar-refractivity contribution in [3.8, 4) is 11.3 Å². The highest BCUT2D eigenvalue weighted by Crippen LogP contribution is 2.26. The van der Waals surface area contributed by atoms with Crippen LogP contribution in [0.3, 0.4) is 0 Å². The molecule has 2 aromatic rings. The number of aromatic nitrogens is 1. The van der Waals surface area contributed by atoms with E-state index in [-0.39, 0.29) is 6.03 Å². The SMILES string of the molecule is O=C(Nc1nc(-c2ccc(Cl)cc2)cs1)N1CCCCC1. The van der Waals surface area contributed by atoms with Crippen molar-refractivity contribution >= 4 is 34.1 Å². The van der Waals surface area contributed by atoms with Crippen LogP contribution in [-0.2, 0) is 0 Å². The molecular weight excluding hydrogens is 306 g/mol. The van der Waals surface area contributed by atoms with Crippen molar-refractivity contribution in [2.75, 3.05) is 18.4 Å². The van der Waals surface area contributed by atoms with Crippen molar-refractivity contribution in [2.24, 2.45) is 0 Å². The van der Waals surface area contributed by atoms with Gasteiger partial charge in [0.2, 0.25) is 0 Å². The van der Waals surface area contributed by atoms with Crippen LogP contribution < -0.4 is 5.32 Å². The van der Waals surface area contributed by atoms with Gasteiger partial charge in [0.25, 0.3) is 0 Å². The summed E-state index contributed by atoms with van der Waals surface area (Å²) in [6, 6.07) is 7.47. The summed E-state index contributed by atoms with van der Waals surface area (Å²) in [6.45, 7) is 1.67. The number of likely N-dealkylation sites (tertiary alicyclic amines) is 1. The van der Waals surface area contributed by atoms with Crippen LogP contribution in [0.1, 0.15) is 19.3 Å². The van der Waals surface area contributed by atoms with E-state index in [4.69, 9.17) is 11.6 Å². The maximum atomic E-state index is 12.1. The number of amides is 2. The Hall–Kier alpha value is -1.59. The lowest BCUT2D eigenvalue weighted by Crippen LogP contribution is -2.38. The maximum Gasteiger partial charge on any atom is 0.323 e. The summed E-state index contributed by atoms with van der Waals surface area (Å²) in [5, 5.41) is 6.16. The molecule has 0 unspecified atom stereocenters. The van der Waals surface area contributed by atoms with Gasteiger partial charge in [0, 0.05) is 29.1 Å². The second kappa shape index (κ2) is 6.45. The van der Waals surface area contributed by atoms with Gasteiger partial charge in [0.1, 0.15) is 0 Å². The third-order valence-electron chi connectivity index (χ3n) is 3.50. The molecule has 21 heavy (non-hydrogen) atoms. The van der Waals surface area contributed by atoms with Gasteiger partial charge in [0.15, 0.2) is 5.13 Å². The molecule has 3 rings (SSSR count). The Bertz CT molecular complexity index is 620. The molecule has 110 valence electrons. The molecule has 0 saturated carbocycles. The summed E-state index contributed by atoms with van der Waals surface area (Å²) in [4.78, 5) is 18.4. The minimum absolute atomic E-state index is 0.0493. The Morgan fingerprint density at radius 1 is 1.19 bits per heavy atom. The topological polar surface area (TPSA) is 45.2 Å². The van der Waals surface area contributed by atoms with Crippen molar-refractivity contribution in [1.82, 2.24) is 9.88 Å². The van der Waals surface area contributed by atoms with E-state index < -0.39 is 0 Å². The molecule has 0 aliphatic carbocycles. The molecule has 1 N–H and O–H groups in total. The number of anilines is 1. The molecule has 1 aliphatic heterocycles. The van der Waals surface area contributed by atoms with E-state index in [1.165, 1.54) is 17.8 Å². The number of carbonyl (C=O) groups excluding carboxylic acids is 1. The highest BCUT2D eigenvalue weighted by Gasteiger charge is 2.17. The predicted molar refractivity (Wildman–Crippen MR) is 87.0 cm³/mol. The molecule has 2 heterocycles. The molecule has 0 atom stereocenters. The normalized spacial score (nSPS) is 15.0. The van der Waals surface area contributed by atoms with Crippen LogP contribution in [0.5, 0.6) is 0 Å². The van der Waals surface area contributed by atoms with Crippen LogP contribution in [0.2, 0.25) is 5.02 Å². The number of piperidine rings is 1. The van der Waals surface area contributed by atoms with Gasteiger partial charge in [0.05, 0.1) is 5.69 Å². The third kappa shape index (κ3) is 3.54. The Morgan fingerprint density at radius 3 is 2.62 bits per heavy atom. The lowest BCUT2D eigenvalue weighted by atomic mass is 10.1. The van der Waals surface area contributed by atoms with Crippen molar-refractivity contribution in [2.45, 2.75) is 19.3 Å². The van der Waals surface area contributed by atoms with Gasteiger partial charge in [-0.05, 0) is 31.4 Å². The average molecular weight is 322 g/mol. The summed E-state index contributed by atoms with van der Waals surface area (Å²) in [6.07, 6.45) is 3.38. The lowest BCUT2D eigenvalue weighted by Gasteiger charge is -2.26. The Balaban J connectivity index is 1.67. The highest BCUT2D eigenvalue weighted by molar-refractivity contribution is 7.14. The predicted octanol–water partition coefficient (Wildman–Crippen LogP) is 4.48. The Kier molecular flexibility index (Phi) is 4.41. The minimum atomic E-state index is -0.0493. The number of rotatable bonds is 2. The number of hydrogen-bond acceptors (Lipinski definition) is 3. The number of benzene rings is 1. The minimum Gasteiger partial charge on any atom is -0.324 e. The smallest absolute Gasteiger partial charge is 0.323 e. The van der Waals surface area contributed by atoms with Gasteiger partial charge < -0.3 is 4.90 Å². The lowest BCUT2D eigenvalue weighted by molar-refractivity contribution is 0.200. The maximum absolute atomic E-state index is 12.1. The molecule has 1 saturated heterocycles. The number of hydrogen-bond donors (Lipinski definition) is 1. The number of halogens is 1. The van der Waals surface area contributed by atoms with E-state index in [0.717, 1.165) is 37.2 Å². The molecule has 1 aliphatic rings. The van der Waals surface area contributed by atoms with E-state index in [1.54, 1.807) is 0 Å². The highest BCUT2D eigenvalue weighted by atomic mass is 35.5. The zero-order valence-electron chi connectivity index (χ0n) is 11.5. The van der Waals surface area contributed by atoms with Gasteiger partial charge in [-0.25, -0.2) is 9.78 Å². The van der Waals surface area contributed by atoms with Crippen molar-refractivity contribution in [3.05, 3.63) is 34.7 Å². The summed E-state index contributed by atoms with van der Waals surface area (Å²) in [7, 11) is 0. The first-order valence-electron chi connectivity index (χ1n) is 7.00. The van der Waals surface area contributed by atoms with E-state index in [1.807, 2.05) is 34.5 Å². The molecule has 0 radical (unpaired) electrons. The zero-order chi connectivity index (χ0) is 14.7. The van der Waals surface area contributed by atoms with Crippen LogP contribution in [-0.4, -0.2) is 29.0 Å². The van der Waals surface area contributed by atoms with Crippen molar-refractivity contribution in [3.63, 3.8) is 0 Å². The molecule has 1 aromatic carbocycles. The fraction of sp³-hybridized carbons (Fsp3) is 0.333. The Morgan fingerprint density at radius 2 is 1.90 bits per heavy atom. The van der Waals surface area contributed by atoms with Crippen molar-refractivity contribution in [1.29, 1.82) is 0 Å². The second-order valence-corrected chi connectivity index (χ2v) is 6.32. The summed E-state index contributed by atoms with van der Waals surface area (Å²) < 4.78 is 0. The number of nitrogens with zero attached hydrogens (tertiary/aromatic N) is 2. The molecule has 2 amide bonds. The van der Waals surface area contributed by atoms with E-state index in [9.17, 15) is 4.79 Å². The third-order valence-corrected chi connectivity index (χ3v) is 4.51. The van der Waals surface area contributed by atoms with Crippen LogP contribution in [0.4, 0.5) is 9.93 Å². The first kappa shape index (κ1) is 14.4. The molecule has 0 spiro atoms. The standard InChI is InChI=1S/C15H16ClN3OS/c16-12-6-4-11(5-7-12)13-10-21-14(17-13)18-15(20)19-8-2-1-3-9-19/h4-7,10H,1-3,8-9H2,(H,17,18,20). The van der Waals surface area contributed by atoms with Gasteiger partial charge in [-0.15, -0.1) is 11.3 Å². The van der Waals surface area contributed by atoms with Gasteiger partial charge in [-0.3, -0.25) is 5.32 Å². The second-order valence-electron chi connectivity index (χ2n) is 5.02. The summed E-state index contributed by atoms with van der Waals surface area (Å²) >= 11 is 7.32. The molecule has 6 heteroatoms. The quantitative estimate of drug-likeness (QED) is 0.886. The largest absolute Gasteiger partial charge is 0.324 e. The number of urea groups is 1. The first-order valence-corrected chi connectivity index (χ1v) is 8.25. The van der Waals surface area contributed by atoms with Gasteiger partial charge in [-0.2, -0.15) is 0 Å². The van der Waals surface area contributed by atoms with Gasteiger partial charge >= 0.3 is 6.03 Å². The van der Waals surface area contributed by atoms with Crippen LogP contribution in [0, 0.1) is 0 Å². The molecule has 4 nitrogen and oxygen atoms in total. The Labute approximate surface area is 132 Å². The van der Waals surface area contributed by atoms with Crippen molar-refractivity contribution < 1.29 is 4.79 Å². The van der Waals surface area contributed by atoms with E-state index in [0.29, 0.717) is 10.2 Å². The molecular formula is C15H16ClN3OS. The molecule has 1 fully saturated rings. The number of carbonyl (C=O) groups is 1. The van der Waals surface area contributed by atoms with Gasteiger partial charge in [-0.1, -0.05) is 23.7 Å². The van der Waals surface area contributed by atoms with Crippen LogP contribution >= 0.6 is 22.9 Å². The number of nitrogens with one attached hydrogen (secondary N) is 1. The fourth-order valence-electron chi connectivity index (χ4n) is 2.35. The number of thiazole rings is 1. The molecule has 0 bridgehead atoms. The summed E-state index contributed by atoms with van der Waals surface area (Å²) in [5.41, 5.74) is 1.85. The van der Waals surface area contributed by atoms with Crippen LogP contribution in [0.15, 0.2) is 29.6 Å². The van der Waals surface area contributed by atoms with E-state index in [2.05, 4.69) is 10.3 Å². The van der Waals surface area contributed by atoms with Crippen LogP contribution in [0.25, 0.3) is 11.3 Å². The monoisotopic (exact) mass is 321 g/mol. The first-order chi connectivity index (χ1) is 10.2. The zero-order valence-corrected chi connectivity index (χ0v) is 13.1. The molecule has 1 aromatic heterocycles. The summed E-state index contributed by atoms with van der Waals surface area (Å²) in [5.74, 6) is 0. The fourth-order valence-corrected chi connectivity index (χ4v) is 3.19.